The Hall–Kier alpha value is -2.90. The summed E-state index contributed by atoms with van der Waals surface area (Å²) in [6.07, 6.45) is 4.11. The van der Waals surface area contributed by atoms with Crippen molar-refractivity contribution in [2.45, 2.75) is 17.1 Å². The number of carbonyl (C=O) groups excluding carboxylic acids is 1. The van der Waals surface area contributed by atoms with E-state index in [1.54, 1.807) is 30.6 Å². The molecule has 1 amide bonds. The largest absolute Gasteiger partial charge is 0.496 e. The Labute approximate surface area is 180 Å². The van der Waals surface area contributed by atoms with Gasteiger partial charge in [-0.15, -0.1) is 0 Å². The van der Waals surface area contributed by atoms with Crippen molar-refractivity contribution in [2.75, 3.05) is 13.7 Å². The van der Waals surface area contributed by atoms with E-state index in [1.165, 1.54) is 31.4 Å². The first kappa shape index (κ1) is 21.8. The Bertz CT molecular complexity index is 1120. The van der Waals surface area contributed by atoms with Crippen molar-refractivity contribution >= 4 is 27.3 Å². The first-order chi connectivity index (χ1) is 14.4. The summed E-state index contributed by atoms with van der Waals surface area (Å²) in [5.41, 5.74) is 1.89. The maximum Gasteiger partial charge on any atom is 0.251 e. The van der Waals surface area contributed by atoms with Crippen LogP contribution in [0.4, 0.5) is 0 Å². The van der Waals surface area contributed by atoms with Gasteiger partial charge in [0.15, 0.2) is 9.84 Å². The number of aromatic nitrogens is 1. The van der Waals surface area contributed by atoms with E-state index in [9.17, 15) is 13.2 Å². The van der Waals surface area contributed by atoms with Crippen LogP contribution in [-0.4, -0.2) is 33.0 Å². The number of halogens is 1. The molecule has 1 N–H and O–H groups in total. The maximum absolute atomic E-state index is 12.8. The molecule has 6 nitrogen and oxygen atoms in total. The van der Waals surface area contributed by atoms with Gasteiger partial charge >= 0.3 is 0 Å². The van der Waals surface area contributed by atoms with E-state index in [0.717, 1.165) is 5.56 Å². The first-order valence-corrected chi connectivity index (χ1v) is 11.2. The zero-order chi connectivity index (χ0) is 21.6. The lowest BCUT2D eigenvalue weighted by Crippen LogP contribution is -2.25. The molecule has 0 atom stereocenters. The number of nitrogens with zero attached hydrogens (tertiary/aromatic N) is 1. The number of carbonyl (C=O) groups is 1. The summed E-state index contributed by atoms with van der Waals surface area (Å²) >= 11 is 5.99. The third kappa shape index (κ3) is 5.58. The number of ether oxygens (including phenoxy) is 1. The summed E-state index contributed by atoms with van der Waals surface area (Å²) in [6, 6.07) is 14.5. The van der Waals surface area contributed by atoms with Crippen LogP contribution in [0.25, 0.3) is 0 Å². The molecule has 0 aliphatic heterocycles. The van der Waals surface area contributed by atoms with Crippen molar-refractivity contribution in [2.24, 2.45) is 0 Å². The second kappa shape index (κ2) is 9.73. The Balaban J connectivity index is 1.65. The fourth-order valence-electron chi connectivity index (χ4n) is 2.93. The summed E-state index contributed by atoms with van der Waals surface area (Å²) < 4.78 is 30.8. The fourth-order valence-corrected chi connectivity index (χ4v) is 4.48. The zero-order valence-corrected chi connectivity index (χ0v) is 17.9. The van der Waals surface area contributed by atoms with Crippen molar-refractivity contribution in [3.05, 3.63) is 88.7 Å². The van der Waals surface area contributed by atoms with Crippen LogP contribution in [0.5, 0.6) is 5.75 Å². The molecule has 0 aliphatic rings. The summed E-state index contributed by atoms with van der Waals surface area (Å²) in [5, 5.41) is 3.25. The number of hydrogen-bond acceptors (Lipinski definition) is 5. The number of sulfone groups is 1. The highest BCUT2D eigenvalue weighted by molar-refractivity contribution is 7.90. The lowest BCUT2D eigenvalue weighted by atomic mass is 10.2. The maximum atomic E-state index is 12.8. The Kier molecular flexibility index (Phi) is 7.07. The summed E-state index contributed by atoms with van der Waals surface area (Å²) in [7, 11) is -2.16. The van der Waals surface area contributed by atoms with Gasteiger partial charge in [-0.25, -0.2) is 8.42 Å². The standard InChI is InChI=1S/C22H21ClN2O4S/c1-29-21-9-6-19(23)13-18(21)15-30(27,28)20-7-4-17(5-8-20)22(26)25-12-10-16-3-2-11-24-14-16/h2-9,11,13-14H,10,12,15H2,1H3,(H,25,26). The van der Waals surface area contributed by atoms with Crippen LogP contribution >= 0.6 is 11.6 Å². The smallest absolute Gasteiger partial charge is 0.251 e. The van der Waals surface area contributed by atoms with Gasteiger partial charge in [-0.05, 0) is 60.5 Å². The zero-order valence-electron chi connectivity index (χ0n) is 16.3. The van der Waals surface area contributed by atoms with Crippen LogP contribution in [0.2, 0.25) is 5.02 Å². The highest BCUT2D eigenvalue weighted by atomic mass is 35.5. The van der Waals surface area contributed by atoms with Crippen molar-refractivity contribution in [1.82, 2.24) is 10.3 Å². The molecule has 3 aromatic rings. The predicted molar refractivity (Wildman–Crippen MR) is 116 cm³/mol. The molecule has 0 saturated heterocycles. The van der Waals surface area contributed by atoms with E-state index in [2.05, 4.69) is 10.3 Å². The molecule has 1 aromatic heterocycles. The van der Waals surface area contributed by atoms with Crippen LogP contribution in [0.1, 0.15) is 21.5 Å². The molecule has 0 radical (unpaired) electrons. The van der Waals surface area contributed by atoms with E-state index in [4.69, 9.17) is 16.3 Å². The average molecular weight is 445 g/mol. The summed E-state index contributed by atoms with van der Waals surface area (Å²) in [6.45, 7) is 0.457. The van der Waals surface area contributed by atoms with E-state index < -0.39 is 9.84 Å². The van der Waals surface area contributed by atoms with Gasteiger partial charge in [0.2, 0.25) is 0 Å². The van der Waals surface area contributed by atoms with Gasteiger partial charge < -0.3 is 10.1 Å². The van der Waals surface area contributed by atoms with Crippen molar-refractivity contribution < 1.29 is 17.9 Å². The Morgan fingerprint density at radius 1 is 1.13 bits per heavy atom. The minimum absolute atomic E-state index is 0.122. The molecule has 0 bridgehead atoms. The third-order valence-corrected chi connectivity index (χ3v) is 6.40. The van der Waals surface area contributed by atoms with Crippen LogP contribution in [-0.2, 0) is 22.0 Å². The molecule has 0 saturated carbocycles. The number of pyridine rings is 1. The molecule has 0 spiro atoms. The third-order valence-electron chi connectivity index (χ3n) is 4.49. The number of hydrogen-bond donors (Lipinski definition) is 1. The normalized spacial score (nSPS) is 11.1. The number of methoxy groups -OCH3 is 1. The number of rotatable bonds is 8. The van der Waals surface area contributed by atoms with Crippen molar-refractivity contribution in [3.8, 4) is 5.75 Å². The predicted octanol–water partition coefficient (Wildman–Crippen LogP) is 3.69. The molecule has 8 heteroatoms. The minimum atomic E-state index is -3.64. The van der Waals surface area contributed by atoms with Gasteiger partial charge in [0.1, 0.15) is 5.75 Å². The van der Waals surface area contributed by atoms with Crippen LogP contribution < -0.4 is 10.1 Å². The highest BCUT2D eigenvalue weighted by Crippen LogP contribution is 2.27. The van der Waals surface area contributed by atoms with E-state index >= 15 is 0 Å². The van der Waals surface area contributed by atoms with Gasteiger partial charge in [-0.1, -0.05) is 17.7 Å². The van der Waals surface area contributed by atoms with Crippen LogP contribution in [0.3, 0.4) is 0 Å². The molecule has 156 valence electrons. The van der Waals surface area contributed by atoms with E-state index in [-0.39, 0.29) is 16.6 Å². The molecule has 0 unspecified atom stereocenters. The first-order valence-electron chi connectivity index (χ1n) is 9.21. The Morgan fingerprint density at radius 3 is 2.57 bits per heavy atom. The lowest BCUT2D eigenvalue weighted by Gasteiger charge is -2.10. The molecule has 0 aliphatic carbocycles. The number of benzene rings is 2. The van der Waals surface area contributed by atoms with Crippen LogP contribution in [0, 0.1) is 0 Å². The number of amides is 1. The van der Waals surface area contributed by atoms with Gasteiger partial charge in [0, 0.05) is 35.1 Å². The summed E-state index contributed by atoms with van der Waals surface area (Å²) in [5.74, 6) is -0.0696. The number of nitrogens with one attached hydrogen (secondary N) is 1. The topological polar surface area (TPSA) is 85.4 Å². The molecule has 3 rings (SSSR count). The van der Waals surface area contributed by atoms with Gasteiger partial charge in [0.25, 0.3) is 5.91 Å². The second-order valence-electron chi connectivity index (χ2n) is 6.61. The quantitative estimate of drug-likeness (QED) is 0.572. The van der Waals surface area contributed by atoms with Gasteiger partial charge in [-0.3, -0.25) is 9.78 Å². The molecule has 1 heterocycles. The monoisotopic (exact) mass is 444 g/mol. The van der Waals surface area contributed by atoms with Crippen LogP contribution in [0.15, 0.2) is 71.9 Å². The van der Waals surface area contributed by atoms with Gasteiger partial charge in [-0.2, -0.15) is 0 Å². The molecule has 2 aromatic carbocycles. The van der Waals surface area contributed by atoms with Gasteiger partial charge in [0.05, 0.1) is 17.8 Å². The minimum Gasteiger partial charge on any atom is -0.496 e. The highest BCUT2D eigenvalue weighted by Gasteiger charge is 2.19. The molecule has 0 fully saturated rings. The second-order valence-corrected chi connectivity index (χ2v) is 9.03. The molecular weight excluding hydrogens is 424 g/mol. The van der Waals surface area contributed by atoms with E-state index in [1.807, 2.05) is 12.1 Å². The molecular formula is C22H21ClN2O4S. The lowest BCUT2D eigenvalue weighted by molar-refractivity contribution is 0.0954. The SMILES string of the molecule is COc1ccc(Cl)cc1CS(=O)(=O)c1ccc(C(=O)NCCc2cccnc2)cc1. The van der Waals surface area contributed by atoms with E-state index in [0.29, 0.717) is 34.9 Å². The summed E-state index contributed by atoms with van der Waals surface area (Å²) in [4.78, 5) is 16.5. The average Bonchev–Trinajstić information content (AvgIpc) is 2.74. The Morgan fingerprint density at radius 2 is 1.90 bits per heavy atom. The molecule has 30 heavy (non-hydrogen) atoms. The van der Waals surface area contributed by atoms with Crippen molar-refractivity contribution in [1.29, 1.82) is 0 Å². The van der Waals surface area contributed by atoms with Crippen molar-refractivity contribution in [3.63, 3.8) is 0 Å². The fraction of sp³-hybridized carbons (Fsp3) is 0.182.